The first-order chi connectivity index (χ1) is 13.1. The van der Waals surface area contributed by atoms with Crippen molar-refractivity contribution in [2.45, 2.75) is 39.0 Å². The molecule has 3 rings (SSSR count). The fourth-order valence-corrected chi connectivity index (χ4v) is 3.30. The van der Waals surface area contributed by atoms with Crippen LogP contribution in [0, 0.1) is 5.82 Å². The molecular weight excluding hydrogens is 331 g/mol. The third-order valence-electron chi connectivity index (χ3n) is 4.95. The summed E-state index contributed by atoms with van der Waals surface area (Å²) in [5, 5.41) is 0. The summed E-state index contributed by atoms with van der Waals surface area (Å²) in [4.78, 5) is 0. The van der Waals surface area contributed by atoms with Crippen molar-refractivity contribution < 1.29 is 4.39 Å². The molecule has 0 saturated heterocycles. The molecule has 27 heavy (non-hydrogen) atoms. The molecule has 0 bridgehead atoms. The summed E-state index contributed by atoms with van der Waals surface area (Å²) >= 11 is 0. The predicted octanol–water partition coefficient (Wildman–Crippen LogP) is 7.29. The summed E-state index contributed by atoms with van der Waals surface area (Å²) in [7, 11) is 0. The van der Waals surface area contributed by atoms with E-state index in [9.17, 15) is 4.39 Å². The lowest BCUT2D eigenvalue weighted by atomic mass is 9.93. The Hall–Kier alpha value is -2.67. The molecule has 0 aliphatic heterocycles. The summed E-state index contributed by atoms with van der Waals surface area (Å²) in [6.45, 7) is 4.39. The summed E-state index contributed by atoms with van der Waals surface area (Å²) in [6.07, 6.45) is 7.59. The van der Waals surface area contributed by atoms with E-state index >= 15 is 0 Å². The Labute approximate surface area is 162 Å². The van der Waals surface area contributed by atoms with Crippen LogP contribution in [-0.2, 0) is 12.8 Å². The Morgan fingerprint density at radius 1 is 0.741 bits per heavy atom. The summed E-state index contributed by atoms with van der Waals surface area (Å²) in [5.41, 5.74) is 6.30. The smallest absolute Gasteiger partial charge is 0.123 e. The highest BCUT2D eigenvalue weighted by molar-refractivity contribution is 5.69. The van der Waals surface area contributed by atoms with Gasteiger partial charge in [-0.25, -0.2) is 4.39 Å². The monoisotopic (exact) mass is 358 g/mol. The SMILES string of the molecule is CCCc1ccc(C=Cc2ccc(C[C@@H](C)c3ccc(F)cc3)cc2)cc1. The second-order valence-corrected chi connectivity index (χ2v) is 7.22. The minimum absolute atomic E-state index is 0.179. The molecule has 3 aromatic carbocycles. The van der Waals surface area contributed by atoms with Crippen LogP contribution in [-0.4, -0.2) is 0 Å². The number of rotatable bonds is 7. The zero-order valence-corrected chi connectivity index (χ0v) is 16.2. The molecule has 0 aliphatic carbocycles. The first kappa shape index (κ1) is 19.1. The summed E-state index contributed by atoms with van der Waals surface area (Å²) < 4.78 is 13.1. The van der Waals surface area contributed by atoms with Crippen LogP contribution in [0.15, 0.2) is 72.8 Å². The molecule has 0 aromatic heterocycles. The molecule has 1 heteroatoms. The van der Waals surface area contributed by atoms with Crippen molar-refractivity contribution in [1.29, 1.82) is 0 Å². The molecule has 0 amide bonds. The Balaban J connectivity index is 1.60. The summed E-state index contributed by atoms with van der Waals surface area (Å²) in [5.74, 6) is 0.190. The van der Waals surface area contributed by atoms with Gasteiger partial charge in [0.25, 0.3) is 0 Å². The fourth-order valence-electron chi connectivity index (χ4n) is 3.30. The molecule has 0 heterocycles. The van der Waals surface area contributed by atoms with Crippen LogP contribution >= 0.6 is 0 Å². The molecule has 0 N–H and O–H groups in total. The minimum atomic E-state index is -0.179. The van der Waals surface area contributed by atoms with Gasteiger partial charge in [0.05, 0.1) is 0 Å². The first-order valence-electron chi connectivity index (χ1n) is 9.75. The highest BCUT2D eigenvalue weighted by atomic mass is 19.1. The molecule has 138 valence electrons. The van der Waals surface area contributed by atoms with Gasteiger partial charge in [-0.15, -0.1) is 0 Å². The van der Waals surface area contributed by atoms with Gasteiger partial charge in [-0.3, -0.25) is 0 Å². The zero-order valence-electron chi connectivity index (χ0n) is 16.2. The van der Waals surface area contributed by atoms with E-state index < -0.39 is 0 Å². The largest absolute Gasteiger partial charge is 0.207 e. The normalized spacial score (nSPS) is 12.4. The Bertz CT molecular complexity index is 856. The molecule has 0 aliphatic rings. The molecule has 0 spiro atoms. The van der Waals surface area contributed by atoms with Gasteiger partial charge in [-0.05, 0) is 58.7 Å². The Morgan fingerprint density at radius 3 is 1.78 bits per heavy atom. The van der Waals surface area contributed by atoms with Crippen molar-refractivity contribution in [3.05, 3.63) is 106 Å². The maximum absolute atomic E-state index is 13.1. The van der Waals surface area contributed by atoms with Crippen molar-refractivity contribution in [1.82, 2.24) is 0 Å². The zero-order chi connectivity index (χ0) is 19.1. The van der Waals surface area contributed by atoms with Gasteiger partial charge in [-0.1, -0.05) is 93.1 Å². The maximum Gasteiger partial charge on any atom is 0.123 e. The molecule has 0 saturated carbocycles. The van der Waals surface area contributed by atoms with Gasteiger partial charge in [0.1, 0.15) is 5.82 Å². The minimum Gasteiger partial charge on any atom is -0.207 e. The highest BCUT2D eigenvalue weighted by Crippen LogP contribution is 2.21. The van der Waals surface area contributed by atoms with Gasteiger partial charge in [0.15, 0.2) is 0 Å². The van der Waals surface area contributed by atoms with E-state index in [1.54, 1.807) is 0 Å². The second-order valence-electron chi connectivity index (χ2n) is 7.22. The van der Waals surface area contributed by atoms with E-state index in [1.165, 1.54) is 46.4 Å². The predicted molar refractivity (Wildman–Crippen MR) is 114 cm³/mol. The van der Waals surface area contributed by atoms with Crippen LogP contribution in [0.1, 0.15) is 54.0 Å². The van der Waals surface area contributed by atoms with E-state index in [-0.39, 0.29) is 5.82 Å². The van der Waals surface area contributed by atoms with E-state index in [1.807, 2.05) is 12.1 Å². The lowest BCUT2D eigenvalue weighted by molar-refractivity contribution is 0.625. The van der Waals surface area contributed by atoms with Gasteiger partial charge in [0.2, 0.25) is 0 Å². The van der Waals surface area contributed by atoms with Gasteiger partial charge in [0, 0.05) is 0 Å². The number of halogens is 1. The molecule has 1 atom stereocenters. The Kier molecular flexibility index (Phi) is 6.59. The third-order valence-corrected chi connectivity index (χ3v) is 4.95. The average molecular weight is 358 g/mol. The molecule has 0 radical (unpaired) electrons. The Morgan fingerprint density at radius 2 is 1.26 bits per heavy atom. The number of hydrogen-bond acceptors (Lipinski definition) is 0. The lowest BCUT2D eigenvalue weighted by Crippen LogP contribution is -1.98. The number of aryl methyl sites for hydroxylation is 1. The van der Waals surface area contributed by atoms with E-state index in [4.69, 9.17) is 0 Å². The van der Waals surface area contributed by atoms with Gasteiger partial charge in [-0.2, -0.15) is 0 Å². The van der Waals surface area contributed by atoms with Crippen molar-refractivity contribution in [3.63, 3.8) is 0 Å². The van der Waals surface area contributed by atoms with Crippen LogP contribution in [0.3, 0.4) is 0 Å². The summed E-state index contributed by atoms with van der Waals surface area (Å²) in [6, 6.07) is 24.3. The molecule has 0 fully saturated rings. The van der Waals surface area contributed by atoms with Crippen LogP contribution in [0.25, 0.3) is 12.2 Å². The molecular formula is C26H27F. The second kappa shape index (κ2) is 9.32. The quantitative estimate of drug-likeness (QED) is 0.389. The molecule has 0 unspecified atom stereocenters. The number of benzene rings is 3. The lowest BCUT2D eigenvalue weighted by Gasteiger charge is -2.12. The fraction of sp³-hybridized carbons (Fsp3) is 0.231. The van der Waals surface area contributed by atoms with Crippen molar-refractivity contribution >= 4 is 12.2 Å². The van der Waals surface area contributed by atoms with Gasteiger partial charge >= 0.3 is 0 Å². The topological polar surface area (TPSA) is 0 Å². The highest BCUT2D eigenvalue weighted by Gasteiger charge is 2.06. The van der Waals surface area contributed by atoms with Crippen molar-refractivity contribution in [2.75, 3.05) is 0 Å². The van der Waals surface area contributed by atoms with Crippen molar-refractivity contribution in [3.8, 4) is 0 Å². The maximum atomic E-state index is 13.1. The van der Waals surface area contributed by atoms with E-state index in [0.29, 0.717) is 5.92 Å². The molecule has 3 aromatic rings. The van der Waals surface area contributed by atoms with Crippen molar-refractivity contribution in [2.24, 2.45) is 0 Å². The van der Waals surface area contributed by atoms with Crippen LogP contribution in [0.2, 0.25) is 0 Å². The molecule has 0 nitrogen and oxygen atoms in total. The van der Waals surface area contributed by atoms with E-state index in [2.05, 4.69) is 74.5 Å². The van der Waals surface area contributed by atoms with Crippen LogP contribution in [0.5, 0.6) is 0 Å². The van der Waals surface area contributed by atoms with Crippen LogP contribution < -0.4 is 0 Å². The van der Waals surface area contributed by atoms with Crippen LogP contribution in [0.4, 0.5) is 4.39 Å². The van der Waals surface area contributed by atoms with E-state index in [0.717, 1.165) is 12.8 Å². The van der Waals surface area contributed by atoms with Gasteiger partial charge < -0.3 is 0 Å². The number of hydrogen-bond donors (Lipinski definition) is 0. The third kappa shape index (κ3) is 5.65. The average Bonchev–Trinajstić information content (AvgIpc) is 2.69. The first-order valence-corrected chi connectivity index (χ1v) is 9.75. The standard InChI is InChI=1S/C26H27F/c1-3-4-21-5-7-22(8-6-21)9-10-23-11-13-24(14-12-23)19-20(2)25-15-17-26(27)18-16-25/h5-18,20H,3-4,19H2,1-2H3/t20-/m1/s1.